The van der Waals surface area contributed by atoms with Crippen LogP contribution >= 0.6 is 15.9 Å². The number of hydrazone groups is 1. The van der Waals surface area contributed by atoms with Crippen LogP contribution in [0.2, 0.25) is 0 Å². The summed E-state index contributed by atoms with van der Waals surface area (Å²) >= 11 is 3.36. The molecule has 108 valence electrons. The number of carbonyl (C=O) groups excluding carboxylic acids is 1. The van der Waals surface area contributed by atoms with E-state index in [1.54, 1.807) is 31.3 Å². The average molecular weight is 348 g/mol. The second-order valence-electron chi connectivity index (χ2n) is 4.01. The third-order valence-electron chi connectivity index (χ3n) is 2.52. The summed E-state index contributed by atoms with van der Waals surface area (Å²) in [5, 5.41) is 4.13. The van der Waals surface area contributed by atoms with Gasteiger partial charge in [-0.3, -0.25) is 10.4 Å². The molecule has 1 aromatic heterocycles. The van der Waals surface area contributed by atoms with Crippen LogP contribution in [-0.4, -0.2) is 23.3 Å². The highest BCUT2D eigenvalue weighted by molar-refractivity contribution is 9.10. The number of anilines is 1. The van der Waals surface area contributed by atoms with Crippen molar-refractivity contribution in [3.8, 4) is 0 Å². The lowest BCUT2D eigenvalue weighted by atomic mass is 10.2. The first-order valence-electron chi connectivity index (χ1n) is 6.38. The fourth-order valence-electron chi connectivity index (χ4n) is 1.55. The molecule has 0 unspecified atom stereocenters. The number of nitrogens with zero attached hydrogens (tertiary/aromatic N) is 2. The highest BCUT2D eigenvalue weighted by Gasteiger charge is 2.16. The summed E-state index contributed by atoms with van der Waals surface area (Å²) in [6.07, 6.45) is 1.60. The maximum atomic E-state index is 12.0. The molecule has 6 heteroatoms. The van der Waals surface area contributed by atoms with Crippen LogP contribution in [0.1, 0.15) is 12.6 Å². The maximum absolute atomic E-state index is 12.0. The van der Waals surface area contributed by atoms with Crippen LogP contribution < -0.4 is 5.43 Å². The van der Waals surface area contributed by atoms with E-state index in [-0.39, 0.29) is 12.3 Å². The zero-order valence-corrected chi connectivity index (χ0v) is 13.0. The molecule has 0 radical (unpaired) electrons. The van der Waals surface area contributed by atoms with Gasteiger partial charge in [0.25, 0.3) is 0 Å². The van der Waals surface area contributed by atoms with Gasteiger partial charge in [-0.2, -0.15) is 5.10 Å². The molecule has 0 fully saturated rings. The van der Waals surface area contributed by atoms with E-state index in [4.69, 9.17) is 4.74 Å². The van der Waals surface area contributed by atoms with Gasteiger partial charge in [0.1, 0.15) is 0 Å². The summed E-state index contributed by atoms with van der Waals surface area (Å²) in [6, 6.07) is 12.7. The Kier molecular flexibility index (Phi) is 5.45. The molecule has 0 amide bonds. The number of carbonyl (C=O) groups is 1. The molecular weight excluding hydrogens is 334 g/mol. The largest absolute Gasteiger partial charge is 0.461 e. The molecule has 0 bridgehead atoms. The molecule has 5 nitrogen and oxygen atoms in total. The van der Waals surface area contributed by atoms with Crippen molar-refractivity contribution < 1.29 is 9.53 Å². The monoisotopic (exact) mass is 347 g/mol. The summed E-state index contributed by atoms with van der Waals surface area (Å²) < 4.78 is 5.97. The van der Waals surface area contributed by atoms with E-state index in [0.717, 1.165) is 10.2 Å². The Morgan fingerprint density at radius 3 is 2.67 bits per heavy atom. The number of benzene rings is 1. The minimum atomic E-state index is -0.513. The molecule has 1 N–H and O–H groups in total. The molecule has 0 saturated carbocycles. The van der Waals surface area contributed by atoms with Crippen LogP contribution in [-0.2, 0) is 9.53 Å². The summed E-state index contributed by atoms with van der Waals surface area (Å²) in [4.78, 5) is 16.1. The van der Waals surface area contributed by atoms with Gasteiger partial charge < -0.3 is 4.74 Å². The predicted octanol–water partition coefficient (Wildman–Crippen LogP) is 3.22. The van der Waals surface area contributed by atoms with Crippen LogP contribution in [0.5, 0.6) is 0 Å². The molecule has 21 heavy (non-hydrogen) atoms. The van der Waals surface area contributed by atoms with Crippen molar-refractivity contribution in [2.75, 3.05) is 12.0 Å². The standard InChI is InChI=1S/C15H14BrN3O2/c1-2-21-15(20)14(13-5-3-4-10-17-13)19-18-12-8-6-11(16)7-9-12/h3-10,18H,2H2,1H3/b19-14+. The van der Waals surface area contributed by atoms with E-state index >= 15 is 0 Å². The van der Waals surface area contributed by atoms with Crippen molar-refractivity contribution in [3.05, 3.63) is 58.8 Å². The molecule has 0 saturated heterocycles. The average Bonchev–Trinajstić information content (AvgIpc) is 2.51. The quantitative estimate of drug-likeness (QED) is 0.512. The lowest BCUT2D eigenvalue weighted by molar-refractivity contribution is -0.134. The Balaban J connectivity index is 2.24. The Bertz CT molecular complexity index is 627. The highest BCUT2D eigenvalue weighted by Crippen LogP contribution is 2.14. The number of nitrogens with one attached hydrogen (secondary N) is 1. The molecule has 1 aromatic carbocycles. The second-order valence-corrected chi connectivity index (χ2v) is 4.93. The zero-order chi connectivity index (χ0) is 15.1. The third-order valence-corrected chi connectivity index (χ3v) is 3.05. The van der Waals surface area contributed by atoms with Gasteiger partial charge in [-0.15, -0.1) is 0 Å². The van der Waals surface area contributed by atoms with E-state index in [9.17, 15) is 4.79 Å². The topological polar surface area (TPSA) is 63.6 Å². The molecule has 2 aromatic rings. The molecule has 1 heterocycles. The number of esters is 1. The SMILES string of the molecule is CCOC(=O)/C(=N/Nc1ccc(Br)cc1)c1ccccn1. The summed E-state index contributed by atoms with van der Waals surface area (Å²) in [7, 11) is 0. The predicted molar refractivity (Wildman–Crippen MR) is 85.2 cm³/mol. The number of hydrogen-bond donors (Lipinski definition) is 1. The number of rotatable bonds is 5. The van der Waals surface area contributed by atoms with Crippen molar-refractivity contribution in [2.45, 2.75) is 6.92 Å². The van der Waals surface area contributed by atoms with Gasteiger partial charge in [0.05, 0.1) is 18.0 Å². The van der Waals surface area contributed by atoms with Gasteiger partial charge in [0.15, 0.2) is 5.71 Å². The molecular formula is C15H14BrN3O2. The zero-order valence-electron chi connectivity index (χ0n) is 11.4. The first-order valence-corrected chi connectivity index (χ1v) is 7.18. The smallest absolute Gasteiger partial charge is 0.361 e. The van der Waals surface area contributed by atoms with Crippen LogP contribution in [0.15, 0.2) is 58.2 Å². The van der Waals surface area contributed by atoms with Crippen molar-refractivity contribution in [3.63, 3.8) is 0 Å². The Morgan fingerprint density at radius 1 is 1.29 bits per heavy atom. The van der Waals surface area contributed by atoms with E-state index in [1.165, 1.54) is 0 Å². The van der Waals surface area contributed by atoms with Gasteiger partial charge >= 0.3 is 5.97 Å². The molecule has 0 spiro atoms. The summed E-state index contributed by atoms with van der Waals surface area (Å²) in [6.45, 7) is 2.03. The number of hydrogen-bond acceptors (Lipinski definition) is 5. The summed E-state index contributed by atoms with van der Waals surface area (Å²) in [5.41, 5.74) is 4.19. The highest BCUT2D eigenvalue weighted by atomic mass is 79.9. The number of halogens is 1. The normalized spacial score (nSPS) is 11.0. The van der Waals surface area contributed by atoms with Crippen LogP contribution in [0.4, 0.5) is 5.69 Å². The van der Waals surface area contributed by atoms with Crippen LogP contribution in [0.3, 0.4) is 0 Å². The van der Waals surface area contributed by atoms with Crippen molar-refractivity contribution in [2.24, 2.45) is 5.10 Å². The van der Waals surface area contributed by atoms with Crippen molar-refractivity contribution in [1.29, 1.82) is 0 Å². The van der Waals surface area contributed by atoms with Gasteiger partial charge in [0, 0.05) is 10.7 Å². The van der Waals surface area contributed by atoms with Gasteiger partial charge in [0.2, 0.25) is 0 Å². The molecule has 0 aliphatic carbocycles. The van der Waals surface area contributed by atoms with E-state index < -0.39 is 5.97 Å². The lowest BCUT2D eigenvalue weighted by Gasteiger charge is -2.06. The van der Waals surface area contributed by atoms with E-state index in [1.807, 2.05) is 24.3 Å². The van der Waals surface area contributed by atoms with Crippen LogP contribution in [0, 0.1) is 0 Å². The number of ether oxygens (including phenoxy) is 1. The van der Waals surface area contributed by atoms with Crippen molar-refractivity contribution in [1.82, 2.24) is 4.98 Å². The molecule has 0 atom stereocenters. The number of pyridine rings is 1. The minimum absolute atomic E-state index is 0.139. The lowest BCUT2D eigenvalue weighted by Crippen LogP contribution is -2.21. The first kappa shape index (κ1) is 15.2. The Morgan fingerprint density at radius 2 is 2.05 bits per heavy atom. The van der Waals surface area contributed by atoms with Crippen molar-refractivity contribution >= 4 is 33.3 Å². The maximum Gasteiger partial charge on any atom is 0.361 e. The Labute approximate surface area is 131 Å². The van der Waals surface area contributed by atoms with Crippen LogP contribution in [0.25, 0.3) is 0 Å². The Hall–Kier alpha value is -2.21. The molecule has 0 aliphatic rings. The summed E-state index contributed by atoms with van der Waals surface area (Å²) in [5.74, 6) is -0.513. The van der Waals surface area contributed by atoms with Gasteiger partial charge in [-0.25, -0.2) is 4.79 Å². The second kappa shape index (κ2) is 7.54. The van der Waals surface area contributed by atoms with E-state index in [0.29, 0.717) is 5.69 Å². The fraction of sp³-hybridized carbons (Fsp3) is 0.133. The molecule has 2 rings (SSSR count). The molecule has 0 aliphatic heterocycles. The fourth-order valence-corrected chi connectivity index (χ4v) is 1.82. The van der Waals surface area contributed by atoms with Gasteiger partial charge in [-0.1, -0.05) is 22.0 Å². The minimum Gasteiger partial charge on any atom is -0.461 e. The number of aromatic nitrogens is 1. The van der Waals surface area contributed by atoms with Gasteiger partial charge in [-0.05, 0) is 43.3 Å². The van der Waals surface area contributed by atoms with E-state index in [2.05, 4.69) is 31.4 Å². The first-order chi connectivity index (χ1) is 10.2. The third kappa shape index (κ3) is 4.39.